The molecule has 5 heteroatoms. The summed E-state index contributed by atoms with van der Waals surface area (Å²) < 4.78 is 0. The molecule has 1 atom stereocenters. The Labute approximate surface area is 122 Å². The monoisotopic (exact) mass is 290 g/mol. The number of carbonyl (C=O) groups is 1. The highest BCUT2D eigenvalue weighted by molar-refractivity contribution is 7.16. The number of carboxylic acid groups (broad SMARTS) is 1. The number of hydrogen-bond acceptors (Lipinski definition) is 4. The fourth-order valence-electron chi connectivity index (χ4n) is 1.78. The predicted molar refractivity (Wildman–Crippen MR) is 82.3 cm³/mol. The first-order valence-corrected chi connectivity index (χ1v) is 7.30. The first-order valence-electron chi connectivity index (χ1n) is 6.48. The minimum Gasteiger partial charge on any atom is -0.481 e. The van der Waals surface area contributed by atoms with Gasteiger partial charge in [0.15, 0.2) is 5.13 Å². The van der Waals surface area contributed by atoms with Gasteiger partial charge in [-0.25, -0.2) is 4.98 Å². The van der Waals surface area contributed by atoms with Crippen LogP contribution >= 0.6 is 11.3 Å². The van der Waals surface area contributed by atoms with Crippen LogP contribution in [0.1, 0.15) is 17.4 Å². The molecule has 2 aromatic rings. The summed E-state index contributed by atoms with van der Waals surface area (Å²) in [5.41, 5.74) is 3.26. The number of thiazole rings is 1. The second-order valence-electron chi connectivity index (χ2n) is 4.91. The number of aromatic nitrogens is 1. The first-order chi connectivity index (χ1) is 9.47. The Hall–Kier alpha value is -1.88. The second-order valence-corrected chi connectivity index (χ2v) is 6.11. The highest BCUT2D eigenvalue weighted by atomic mass is 32.1. The summed E-state index contributed by atoms with van der Waals surface area (Å²) in [7, 11) is 0. The molecule has 4 nitrogen and oxygen atoms in total. The van der Waals surface area contributed by atoms with Crippen molar-refractivity contribution in [3.05, 3.63) is 34.7 Å². The molecule has 0 aliphatic carbocycles. The minimum absolute atomic E-state index is 0.385. The number of benzene rings is 1. The summed E-state index contributed by atoms with van der Waals surface area (Å²) in [6.45, 7) is 6.14. The van der Waals surface area contributed by atoms with E-state index in [4.69, 9.17) is 5.11 Å². The number of aryl methyl sites for hydroxylation is 2. The van der Waals surface area contributed by atoms with Crippen molar-refractivity contribution in [3.8, 4) is 11.3 Å². The molecule has 1 aromatic carbocycles. The lowest BCUT2D eigenvalue weighted by Gasteiger charge is -2.06. The van der Waals surface area contributed by atoms with Crippen LogP contribution in [0.15, 0.2) is 24.3 Å². The number of nitrogens with one attached hydrogen (secondary N) is 1. The van der Waals surface area contributed by atoms with E-state index in [-0.39, 0.29) is 0 Å². The normalized spacial score (nSPS) is 12.2. The molecule has 20 heavy (non-hydrogen) atoms. The lowest BCUT2D eigenvalue weighted by atomic mass is 10.1. The molecule has 1 aromatic heterocycles. The van der Waals surface area contributed by atoms with Gasteiger partial charge in [-0.15, -0.1) is 11.3 Å². The molecule has 0 aliphatic heterocycles. The topological polar surface area (TPSA) is 62.2 Å². The summed E-state index contributed by atoms with van der Waals surface area (Å²) in [6.07, 6.45) is 0. The molecular weight excluding hydrogens is 272 g/mol. The molecule has 0 bridgehead atoms. The third-order valence-electron chi connectivity index (χ3n) is 3.10. The van der Waals surface area contributed by atoms with Gasteiger partial charge in [-0.3, -0.25) is 4.79 Å². The Morgan fingerprint density at radius 3 is 2.60 bits per heavy atom. The van der Waals surface area contributed by atoms with Crippen LogP contribution in [0.3, 0.4) is 0 Å². The fraction of sp³-hybridized carbons (Fsp3) is 0.333. The number of rotatable bonds is 5. The van der Waals surface area contributed by atoms with Crippen LogP contribution < -0.4 is 5.32 Å². The van der Waals surface area contributed by atoms with Gasteiger partial charge in [-0.1, -0.05) is 36.8 Å². The summed E-state index contributed by atoms with van der Waals surface area (Å²) in [5, 5.41) is 12.7. The maximum absolute atomic E-state index is 10.8. The third kappa shape index (κ3) is 3.36. The number of hydrogen-bond donors (Lipinski definition) is 2. The molecule has 0 fully saturated rings. The number of nitrogens with zero attached hydrogens (tertiary/aromatic N) is 1. The van der Waals surface area contributed by atoms with Crippen molar-refractivity contribution in [3.63, 3.8) is 0 Å². The molecule has 1 unspecified atom stereocenters. The quantitative estimate of drug-likeness (QED) is 0.884. The molecule has 0 amide bonds. The van der Waals surface area contributed by atoms with Crippen molar-refractivity contribution < 1.29 is 9.90 Å². The smallest absolute Gasteiger partial charge is 0.308 e. The van der Waals surface area contributed by atoms with Crippen LogP contribution in [0.2, 0.25) is 0 Å². The standard InChI is InChI=1S/C15H18N2O2S/c1-9-4-6-12(7-5-9)13-11(3)20-15(17-13)16-8-10(2)14(18)19/h4-7,10H,8H2,1-3H3,(H,16,17)(H,18,19). The Morgan fingerprint density at radius 2 is 2.00 bits per heavy atom. The molecule has 1 heterocycles. The van der Waals surface area contributed by atoms with Crippen molar-refractivity contribution >= 4 is 22.4 Å². The van der Waals surface area contributed by atoms with E-state index in [2.05, 4.69) is 41.5 Å². The highest BCUT2D eigenvalue weighted by Crippen LogP contribution is 2.30. The Bertz CT molecular complexity index is 605. The lowest BCUT2D eigenvalue weighted by molar-refractivity contribution is -0.140. The molecule has 0 spiro atoms. The zero-order chi connectivity index (χ0) is 14.7. The summed E-state index contributed by atoms with van der Waals surface area (Å²) in [4.78, 5) is 16.5. The van der Waals surface area contributed by atoms with Crippen LogP contribution in [0.25, 0.3) is 11.3 Å². The average Bonchev–Trinajstić information content (AvgIpc) is 2.78. The largest absolute Gasteiger partial charge is 0.481 e. The lowest BCUT2D eigenvalue weighted by Crippen LogP contribution is -2.19. The van der Waals surface area contributed by atoms with E-state index in [1.54, 1.807) is 18.3 Å². The number of aliphatic carboxylic acids is 1. The highest BCUT2D eigenvalue weighted by Gasteiger charge is 2.13. The van der Waals surface area contributed by atoms with E-state index in [0.717, 1.165) is 21.3 Å². The van der Waals surface area contributed by atoms with E-state index in [0.29, 0.717) is 6.54 Å². The Morgan fingerprint density at radius 1 is 1.35 bits per heavy atom. The molecule has 2 N–H and O–H groups in total. The molecule has 0 aliphatic rings. The Kier molecular flexibility index (Phi) is 4.39. The second kappa shape index (κ2) is 6.05. The molecule has 0 saturated heterocycles. The number of carboxylic acids is 1. The first kappa shape index (κ1) is 14.5. The minimum atomic E-state index is -0.801. The zero-order valence-corrected chi connectivity index (χ0v) is 12.6. The van der Waals surface area contributed by atoms with Crippen molar-refractivity contribution in [2.24, 2.45) is 5.92 Å². The fourth-order valence-corrected chi connectivity index (χ4v) is 2.62. The van der Waals surface area contributed by atoms with Gasteiger partial charge in [0.05, 0.1) is 11.6 Å². The van der Waals surface area contributed by atoms with Gasteiger partial charge >= 0.3 is 5.97 Å². The molecule has 106 valence electrons. The molecule has 2 rings (SSSR count). The van der Waals surface area contributed by atoms with Gasteiger partial charge in [0.1, 0.15) is 0 Å². The van der Waals surface area contributed by atoms with Gasteiger partial charge in [-0.05, 0) is 13.8 Å². The summed E-state index contributed by atoms with van der Waals surface area (Å²) in [6, 6.07) is 8.24. The van der Waals surface area contributed by atoms with E-state index < -0.39 is 11.9 Å². The van der Waals surface area contributed by atoms with Gasteiger partial charge in [0.2, 0.25) is 0 Å². The maximum Gasteiger partial charge on any atom is 0.308 e. The van der Waals surface area contributed by atoms with E-state index in [9.17, 15) is 4.79 Å². The SMILES string of the molecule is Cc1ccc(-c2nc(NCC(C)C(=O)O)sc2C)cc1. The van der Waals surface area contributed by atoms with Crippen molar-refractivity contribution in [1.29, 1.82) is 0 Å². The number of anilines is 1. The van der Waals surface area contributed by atoms with E-state index in [1.165, 1.54) is 5.56 Å². The Balaban J connectivity index is 2.13. The van der Waals surface area contributed by atoms with Gasteiger partial charge < -0.3 is 10.4 Å². The van der Waals surface area contributed by atoms with Crippen molar-refractivity contribution in [2.75, 3.05) is 11.9 Å². The van der Waals surface area contributed by atoms with Crippen molar-refractivity contribution in [2.45, 2.75) is 20.8 Å². The molecule has 0 saturated carbocycles. The van der Waals surface area contributed by atoms with E-state index in [1.807, 2.05) is 6.92 Å². The molecular formula is C15H18N2O2S. The van der Waals surface area contributed by atoms with Crippen LogP contribution in [0.5, 0.6) is 0 Å². The predicted octanol–water partition coefficient (Wildman–Crippen LogP) is 3.56. The van der Waals surface area contributed by atoms with Gasteiger partial charge in [0, 0.05) is 17.0 Å². The van der Waals surface area contributed by atoms with E-state index >= 15 is 0 Å². The summed E-state index contributed by atoms with van der Waals surface area (Å²) in [5.74, 6) is -1.23. The maximum atomic E-state index is 10.8. The van der Waals surface area contributed by atoms with Crippen LogP contribution in [0, 0.1) is 19.8 Å². The van der Waals surface area contributed by atoms with Gasteiger partial charge in [-0.2, -0.15) is 0 Å². The van der Waals surface area contributed by atoms with Gasteiger partial charge in [0.25, 0.3) is 0 Å². The zero-order valence-electron chi connectivity index (χ0n) is 11.8. The average molecular weight is 290 g/mol. The van der Waals surface area contributed by atoms with Crippen LogP contribution in [-0.2, 0) is 4.79 Å². The third-order valence-corrected chi connectivity index (χ3v) is 4.03. The summed E-state index contributed by atoms with van der Waals surface area (Å²) >= 11 is 1.55. The van der Waals surface area contributed by atoms with Crippen molar-refractivity contribution in [1.82, 2.24) is 4.98 Å². The van der Waals surface area contributed by atoms with Crippen LogP contribution in [-0.4, -0.2) is 22.6 Å². The van der Waals surface area contributed by atoms with Crippen LogP contribution in [0.4, 0.5) is 5.13 Å². The molecule has 0 radical (unpaired) electrons.